The molecular formula is C19H15N5O3. The maximum absolute atomic E-state index is 12.7. The molecule has 0 radical (unpaired) electrons. The van der Waals surface area contributed by atoms with Crippen LogP contribution >= 0.6 is 0 Å². The molecule has 134 valence electrons. The fourth-order valence-corrected chi connectivity index (χ4v) is 3.74. The quantitative estimate of drug-likeness (QED) is 0.551. The Kier molecular flexibility index (Phi) is 3.33. The predicted molar refractivity (Wildman–Crippen MR) is 96.9 cm³/mol. The van der Waals surface area contributed by atoms with Crippen LogP contribution in [0, 0.1) is 11.8 Å². The Hall–Kier alpha value is -3.55. The van der Waals surface area contributed by atoms with E-state index < -0.39 is 0 Å². The number of fused-ring (bicyclic) bond motifs is 2. The molecule has 2 atom stereocenters. The standard InChI is InChI=1S/C19H15N5O3/c25-15-10-14(11-6-2-1-3-7-11)20-18-21-19(22-24(15)18)23-16(26)12-8-4-5-9-13(12)17(23)27/h1-7,10,12-13H,8-9H2,(H,20,21,22). The third-order valence-electron chi connectivity index (χ3n) is 5.11. The lowest BCUT2D eigenvalue weighted by molar-refractivity contribution is -0.122. The molecule has 0 spiro atoms. The number of nitrogens with zero attached hydrogens (tertiary/aromatic N) is 4. The number of carbonyl (C=O) groups excluding carboxylic acids is 2. The lowest BCUT2D eigenvalue weighted by atomic mass is 9.85. The largest absolute Gasteiger partial charge is 0.274 e. The Morgan fingerprint density at radius 1 is 0.926 bits per heavy atom. The summed E-state index contributed by atoms with van der Waals surface area (Å²) in [6.45, 7) is 0. The maximum Gasteiger partial charge on any atom is 0.274 e. The molecule has 3 heterocycles. The molecule has 8 nitrogen and oxygen atoms in total. The van der Waals surface area contributed by atoms with E-state index in [2.05, 4.69) is 15.1 Å². The number of hydrogen-bond acceptors (Lipinski definition) is 5. The van der Waals surface area contributed by atoms with E-state index in [-0.39, 0.29) is 40.9 Å². The van der Waals surface area contributed by atoms with Crippen molar-refractivity contribution >= 4 is 23.5 Å². The van der Waals surface area contributed by atoms with Crippen molar-refractivity contribution in [3.63, 3.8) is 0 Å². The third kappa shape index (κ3) is 2.33. The molecule has 3 aromatic rings. The summed E-state index contributed by atoms with van der Waals surface area (Å²) in [6.07, 6.45) is 4.93. The van der Waals surface area contributed by atoms with Crippen LogP contribution in [0.15, 0.2) is 53.3 Å². The smallest absolute Gasteiger partial charge is 0.274 e. The minimum atomic E-state index is -0.365. The molecule has 5 rings (SSSR count). The molecule has 1 fully saturated rings. The highest BCUT2D eigenvalue weighted by atomic mass is 16.2. The van der Waals surface area contributed by atoms with Gasteiger partial charge < -0.3 is 0 Å². The lowest BCUT2D eigenvalue weighted by Gasteiger charge is -2.14. The average molecular weight is 361 g/mol. The summed E-state index contributed by atoms with van der Waals surface area (Å²) in [7, 11) is 0. The number of benzene rings is 1. The first kappa shape index (κ1) is 15.7. The van der Waals surface area contributed by atoms with Crippen LogP contribution in [-0.2, 0) is 9.59 Å². The summed E-state index contributed by atoms with van der Waals surface area (Å²) < 4.78 is 1.14. The summed E-state index contributed by atoms with van der Waals surface area (Å²) in [5, 5.41) is 2.75. The topological polar surface area (TPSA) is 100 Å². The number of anilines is 1. The van der Waals surface area contributed by atoms with E-state index in [9.17, 15) is 14.4 Å². The average Bonchev–Trinajstić information content (AvgIpc) is 3.22. The van der Waals surface area contributed by atoms with Crippen LogP contribution in [0.2, 0.25) is 0 Å². The van der Waals surface area contributed by atoms with Crippen molar-refractivity contribution in [2.75, 3.05) is 4.90 Å². The van der Waals surface area contributed by atoms with E-state index in [1.807, 2.05) is 42.5 Å². The Morgan fingerprint density at radius 3 is 2.26 bits per heavy atom. The molecule has 8 heteroatoms. The number of aromatic nitrogens is 4. The second kappa shape index (κ2) is 5.73. The van der Waals surface area contributed by atoms with Crippen LogP contribution in [-0.4, -0.2) is 31.4 Å². The molecule has 2 amide bonds. The van der Waals surface area contributed by atoms with E-state index in [1.165, 1.54) is 6.07 Å². The highest BCUT2D eigenvalue weighted by molar-refractivity contribution is 6.21. The highest BCUT2D eigenvalue weighted by Crippen LogP contribution is 2.36. The summed E-state index contributed by atoms with van der Waals surface area (Å²) in [5.41, 5.74) is 0.901. The summed E-state index contributed by atoms with van der Waals surface area (Å²) in [6, 6.07) is 10.7. The van der Waals surface area contributed by atoms with Gasteiger partial charge in [-0.2, -0.15) is 9.50 Å². The van der Waals surface area contributed by atoms with E-state index >= 15 is 0 Å². The molecule has 1 aliphatic heterocycles. The monoisotopic (exact) mass is 361 g/mol. The van der Waals surface area contributed by atoms with Crippen molar-refractivity contribution in [3.8, 4) is 11.3 Å². The van der Waals surface area contributed by atoms with E-state index in [0.29, 0.717) is 18.5 Å². The molecule has 0 bridgehead atoms. The molecule has 2 aliphatic rings. The first-order valence-corrected chi connectivity index (χ1v) is 8.71. The SMILES string of the molecule is O=C1C2CC=CCC2C(=O)N1c1nc2nc(-c3ccccc3)cc(=O)n2[nH]1. The first-order valence-electron chi connectivity index (χ1n) is 8.71. The summed E-state index contributed by atoms with van der Waals surface area (Å²) in [4.78, 5) is 47.6. The van der Waals surface area contributed by atoms with Crippen molar-refractivity contribution in [1.82, 2.24) is 19.6 Å². The number of rotatable bonds is 2. The van der Waals surface area contributed by atoms with Gasteiger partial charge in [-0.15, -0.1) is 0 Å². The molecule has 1 saturated heterocycles. The third-order valence-corrected chi connectivity index (χ3v) is 5.11. The van der Waals surface area contributed by atoms with Gasteiger partial charge in [0, 0.05) is 11.6 Å². The normalized spacial score (nSPS) is 21.9. The van der Waals surface area contributed by atoms with Crippen molar-refractivity contribution in [3.05, 3.63) is 58.9 Å². The molecule has 0 saturated carbocycles. The van der Waals surface area contributed by atoms with Gasteiger partial charge in [0.1, 0.15) is 0 Å². The van der Waals surface area contributed by atoms with Crippen LogP contribution in [0.3, 0.4) is 0 Å². The number of aromatic amines is 1. The fourth-order valence-electron chi connectivity index (χ4n) is 3.74. The Morgan fingerprint density at radius 2 is 1.59 bits per heavy atom. The van der Waals surface area contributed by atoms with Crippen LogP contribution in [0.1, 0.15) is 12.8 Å². The van der Waals surface area contributed by atoms with Gasteiger partial charge in [-0.1, -0.05) is 42.5 Å². The molecule has 1 aliphatic carbocycles. The van der Waals surface area contributed by atoms with Crippen molar-refractivity contribution < 1.29 is 9.59 Å². The zero-order valence-electron chi connectivity index (χ0n) is 14.2. The van der Waals surface area contributed by atoms with Crippen molar-refractivity contribution in [2.24, 2.45) is 11.8 Å². The summed E-state index contributed by atoms with van der Waals surface area (Å²) in [5.74, 6) is -1.14. The van der Waals surface area contributed by atoms with Crippen molar-refractivity contribution in [2.45, 2.75) is 12.8 Å². The summed E-state index contributed by atoms with van der Waals surface area (Å²) >= 11 is 0. The maximum atomic E-state index is 12.7. The van der Waals surface area contributed by atoms with E-state index in [0.717, 1.165) is 15.0 Å². The molecule has 27 heavy (non-hydrogen) atoms. The van der Waals surface area contributed by atoms with Crippen LogP contribution in [0.25, 0.3) is 17.0 Å². The number of imide groups is 1. The number of amides is 2. The van der Waals surface area contributed by atoms with Gasteiger partial charge in [-0.25, -0.2) is 9.88 Å². The van der Waals surface area contributed by atoms with Gasteiger partial charge in [0.05, 0.1) is 17.5 Å². The van der Waals surface area contributed by atoms with Crippen molar-refractivity contribution in [1.29, 1.82) is 0 Å². The Labute approximate surface area is 153 Å². The number of carbonyl (C=O) groups is 2. The van der Waals surface area contributed by atoms with Gasteiger partial charge in [0.25, 0.3) is 11.3 Å². The number of nitrogens with one attached hydrogen (secondary N) is 1. The second-order valence-corrected chi connectivity index (χ2v) is 6.70. The van der Waals surface area contributed by atoms with Gasteiger partial charge in [0.2, 0.25) is 17.8 Å². The van der Waals surface area contributed by atoms with Crippen LogP contribution in [0.5, 0.6) is 0 Å². The van der Waals surface area contributed by atoms with Crippen LogP contribution in [0.4, 0.5) is 5.95 Å². The molecule has 2 unspecified atom stereocenters. The highest BCUT2D eigenvalue weighted by Gasteiger charge is 2.49. The number of H-pyrrole nitrogens is 1. The van der Waals surface area contributed by atoms with E-state index in [1.54, 1.807) is 0 Å². The predicted octanol–water partition coefficient (Wildman–Crippen LogP) is 1.54. The number of allylic oxidation sites excluding steroid dienone is 2. The van der Waals surface area contributed by atoms with Gasteiger partial charge in [0.15, 0.2) is 0 Å². The minimum absolute atomic E-state index is 0.0363. The lowest BCUT2D eigenvalue weighted by Crippen LogP contribution is -2.32. The molecular weight excluding hydrogens is 346 g/mol. The zero-order chi connectivity index (χ0) is 18.5. The first-order chi connectivity index (χ1) is 13.1. The van der Waals surface area contributed by atoms with Gasteiger partial charge in [-0.3, -0.25) is 19.5 Å². The second-order valence-electron chi connectivity index (χ2n) is 6.70. The molecule has 2 aromatic heterocycles. The Bertz CT molecular complexity index is 1140. The number of hydrogen-bond donors (Lipinski definition) is 1. The minimum Gasteiger partial charge on any atom is -0.274 e. The van der Waals surface area contributed by atoms with Gasteiger partial charge in [-0.05, 0) is 12.8 Å². The van der Waals surface area contributed by atoms with Crippen LogP contribution < -0.4 is 10.5 Å². The zero-order valence-corrected chi connectivity index (χ0v) is 14.2. The van der Waals surface area contributed by atoms with E-state index in [4.69, 9.17) is 0 Å². The molecule has 1 N–H and O–H groups in total. The molecule has 1 aromatic carbocycles. The fraction of sp³-hybridized carbons (Fsp3) is 0.211. The Balaban J connectivity index is 1.59. The van der Waals surface area contributed by atoms with Gasteiger partial charge >= 0.3 is 0 Å².